The number of rotatable bonds is 8. The fourth-order valence-electron chi connectivity index (χ4n) is 3.08. The van der Waals surface area contributed by atoms with E-state index in [-0.39, 0.29) is 11.3 Å². The van der Waals surface area contributed by atoms with Crippen LogP contribution in [0.3, 0.4) is 0 Å². The number of carbonyl (C=O) groups is 2. The molecule has 0 radical (unpaired) electrons. The zero-order valence-electron chi connectivity index (χ0n) is 18.3. The summed E-state index contributed by atoms with van der Waals surface area (Å²) in [4.78, 5) is 24.8. The molecular weight excluding hydrogens is 444 g/mol. The molecule has 2 amide bonds. The van der Waals surface area contributed by atoms with Gasteiger partial charge in [0.15, 0.2) is 0 Å². The molecule has 0 aromatic heterocycles. The Hall–Kier alpha value is -2.72. The van der Waals surface area contributed by atoms with E-state index in [9.17, 15) is 27.2 Å². The van der Waals surface area contributed by atoms with Gasteiger partial charge in [0.25, 0.3) is 5.91 Å². The minimum Gasteiger partial charge on any atom is -0.380 e. The van der Waals surface area contributed by atoms with Crippen molar-refractivity contribution in [2.24, 2.45) is 0 Å². The van der Waals surface area contributed by atoms with Crippen LogP contribution in [0.4, 0.5) is 23.2 Å². The van der Waals surface area contributed by atoms with E-state index in [2.05, 4.69) is 10.6 Å². The van der Waals surface area contributed by atoms with Crippen molar-refractivity contribution < 1.29 is 31.9 Å². The molecule has 2 rings (SSSR count). The van der Waals surface area contributed by atoms with E-state index in [0.717, 1.165) is 5.56 Å². The summed E-state index contributed by atoms with van der Waals surface area (Å²) in [6.07, 6.45) is -6.44. The van der Waals surface area contributed by atoms with Gasteiger partial charge in [-0.05, 0) is 28.4 Å². The number of alkyl halides is 3. The van der Waals surface area contributed by atoms with Crippen molar-refractivity contribution in [2.45, 2.75) is 44.9 Å². The maximum absolute atomic E-state index is 14.5. The first-order valence-electron chi connectivity index (χ1n) is 9.85. The van der Waals surface area contributed by atoms with Crippen LogP contribution in [-0.2, 0) is 20.9 Å². The summed E-state index contributed by atoms with van der Waals surface area (Å²) in [7, 11) is -0.426. The molecule has 2 N–H and O–H groups in total. The lowest BCUT2D eigenvalue weighted by molar-refractivity contribution is -0.155. The lowest BCUT2D eigenvalue weighted by atomic mass is 10.0. The third-order valence-electron chi connectivity index (χ3n) is 4.60. The fraction of sp³-hybridized carbons (Fsp3) is 0.364. The molecular formula is C22H26F4N2O3Si. The molecule has 2 aromatic carbocycles. The molecule has 0 unspecified atom stereocenters. The normalized spacial score (nSPS) is 12.9. The van der Waals surface area contributed by atoms with Gasteiger partial charge in [-0.15, -0.1) is 0 Å². The van der Waals surface area contributed by atoms with Gasteiger partial charge in [0.05, 0.1) is 14.7 Å². The third kappa shape index (κ3) is 7.45. The van der Waals surface area contributed by atoms with Crippen molar-refractivity contribution in [3.05, 3.63) is 59.4 Å². The Bertz CT molecular complexity index is 957. The number of hydrogen-bond acceptors (Lipinski definition) is 3. The summed E-state index contributed by atoms with van der Waals surface area (Å²) in [6.45, 7) is 6.23. The minimum absolute atomic E-state index is 0.139. The second kappa shape index (κ2) is 10.3. The van der Waals surface area contributed by atoms with Crippen LogP contribution in [0.25, 0.3) is 0 Å². The average Bonchev–Trinajstić information content (AvgIpc) is 2.64. The van der Waals surface area contributed by atoms with Crippen LogP contribution in [0.15, 0.2) is 42.5 Å². The Labute approximate surface area is 185 Å². The molecule has 0 spiro atoms. The van der Waals surface area contributed by atoms with Gasteiger partial charge in [-0.25, -0.2) is 4.39 Å². The van der Waals surface area contributed by atoms with Crippen LogP contribution in [0.2, 0.25) is 19.6 Å². The topological polar surface area (TPSA) is 67.4 Å². The van der Waals surface area contributed by atoms with Gasteiger partial charge < -0.3 is 15.4 Å². The zero-order valence-corrected chi connectivity index (χ0v) is 19.3. The monoisotopic (exact) mass is 470 g/mol. The Balaban J connectivity index is 2.28. The van der Waals surface area contributed by atoms with E-state index in [1.165, 1.54) is 31.4 Å². The number of hydrogen-bond donors (Lipinski definition) is 2. The maximum atomic E-state index is 14.5. The first-order valence-corrected chi connectivity index (χ1v) is 13.3. The predicted octanol–water partition coefficient (Wildman–Crippen LogP) is 4.27. The highest BCUT2D eigenvalue weighted by Crippen LogP contribution is 2.22. The summed E-state index contributed by atoms with van der Waals surface area (Å²) >= 11 is 0. The van der Waals surface area contributed by atoms with Crippen molar-refractivity contribution >= 4 is 30.8 Å². The SMILES string of the molecule is COCc1ccc([C@@H](NC(=O)CC(F)(F)F)C(=O)Nc2ccc([Si](C)(C)C)c(F)c2)cc1. The smallest absolute Gasteiger partial charge is 0.380 e. The molecule has 0 saturated carbocycles. The molecule has 0 aliphatic carbocycles. The molecule has 10 heteroatoms. The number of ether oxygens (including phenoxy) is 1. The first-order chi connectivity index (χ1) is 14.8. The van der Waals surface area contributed by atoms with E-state index < -0.39 is 44.3 Å². The summed E-state index contributed by atoms with van der Waals surface area (Å²) < 4.78 is 57.4. The van der Waals surface area contributed by atoms with Gasteiger partial charge >= 0.3 is 6.18 Å². The van der Waals surface area contributed by atoms with Crippen molar-refractivity contribution in [2.75, 3.05) is 12.4 Å². The van der Waals surface area contributed by atoms with Gasteiger partial charge in [0, 0.05) is 12.8 Å². The molecule has 2 aromatic rings. The molecule has 1 atom stereocenters. The highest BCUT2D eigenvalue weighted by molar-refractivity contribution is 6.88. The van der Waals surface area contributed by atoms with Crippen molar-refractivity contribution in [3.8, 4) is 0 Å². The van der Waals surface area contributed by atoms with Gasteiger partial charge in [-0.1, -0.05) is 50.0 Å². The number of amides is 2. The molecule has 0 saturated heterocycles. The number of methoxy groups -OCH3 is 1. The summed E-state index contributed by atoms with van der Waals surface area (Å²) in [6, 6.07) is 9.19. The number of halogens is 4. The van der Waals surface area contributed by atoms with E-state index in [0.29, 0.717) is 11.8 Å². The van der Waals surface area contributed by atoms with Gasteiger partial charge in [0.2, 0.25) is 5.91 Å². The van der Waals surface area contributed by atoms with Crippen LogP contribution in [0.5, 0.6) is 0 Å². The largest absolute Gasteiger partial charge is 0.397 e. The molecule has 5 nitrogen and oxygen atoms in total. The molecule has 0 aliphatic rings. The van der Waals surface area contributed by atoms with Crippen molar-refractivity contribution in [1.29, 1.82) is 0 Å². The first kappa shape index (κ1) is 25.5. The summed E-state index contributed by atoms with van der Waals surface area (Å²) in [5.41, 5.74) is 1.19. The number of anilines is 1. The highest BCUT2D eigenvalue weighted by atomic mass is 28.3. The number of nitrogens with one attached hydrogen (secondary N) is 2. The van der Waals surface area contributed by atoms with E-state index in [1.54, 1.807) is 18.2 Å². The zero-order chi connectivity index (χ0) is 24.1. The molecule has 0 aliphatic heterocycles. The van der Waals surface area contributed by atoms with Crippen molar-refractivity contribution in [3.63, 3.8) is 0 Å². The van der Waals surface area contributed by atoms with E-state index in [4.69, 9.17) is 4.74 Å². The minimum atomic E-state index is -4.72. The van der Waals surface area contributed by atoms with Crippen LogP contribution in [0, 0.1) is 5.82 Å². The lowest BCUT2D eigenvalue weighted by Gasteiger charge is -2.21. The Kier molecular flexibility index (Phi) is 8.19. The van der Waals surface area contributed by atoms with E-state index in [1.807, 2.05) is 19.6 Å². The molecule has 0 bridgehead atoms. The Morgan fingerprint density at radius 2 is 1.69 bits per heavy atom. The van der Waals surface area contributed by atoms with Crippen LogP contribution in [-0.4, -0.2) is 33.2 Å². The van der Waals surface area contributed by atoms with Crippen LogP contribution >= 0.6 is 0 Å². The Morgan fingerprint density at radius 3 is 2.19 bits per heavy atom. The third-order valence-corrected chi connectivity index (χ3v) is 6.62. The lowest BCUT2D eigenvalue weighted by Crippen LogP contribution is -2.40. The quantitative estimate of drug-likeness (QED) is 0.447. The van der Waals surface area contributed by atoms with Gasteiger partial charge in [-0.3, -0.25) is 9.59 Å². The Morgan fingerprint density at radius 1 is 1.06 bits per heavy atom. The fourth-order valence-corrected chi connectivity index (χ4v) is 4.45. The highest BCUT2D eigenvalue weighted by Gasteiger charge is 2.33. The predicted molar refractivity (Wildman–Crippen MR) is 117 cm³/mol. The molecule has 32 heavy (non-hydrogen) atoms. The van der Waals surface area contributed by atoms with Gasteiger partial charge in [-0.2, -0.15) is 13.2 Å². The number of carbonyl (C=O) groups excluding carboxylic acids is 2. The summed E-state index contributed by atoms with van der Waals surface area (Å²) in [5, 5.41) is 5.19. The van der Waals surface area contributed by atoms with Crippen LogP contribution < -0.4 is 15.8 Å². The molecule has 0 fully saturated rings. The summed E-state index contributed by atoms with van der Waals surface area (Å²) in [5.74, 6) is -2.61. The second-order valence-electron chi connectivity index (χ2n) is 8.40. The van der Waals surface area contributed by atoms with Crippen molar-refractivity contribution in [1.82, 2.24) is 5.32 Å². The van der Waals surface area contributed by atoms with E-state index >= 15 is 0 Å². The second-order valence-corrected chi connectivity index (χ2v) is 13.4. The molecule has 0 heterocycles. The van der Waals surface area contributed by atoms with Gasteiger partial charge in [0.1, 0.15) is 18.3 Å². The number of benzene rings is 2. The maximum Gasteiger partial charge on any atom is 0.397 e. The average molecular weight is 471 g/mol. The van der Waals surface area contributed by atoms with Crippen LogP contribution in [0.1, 0.15) is 23.6 Å². The standard InChI is InChI=1S/C22H26F4N2O3Si/c1-31-13-14-5-7-15(8-6-14)20(28-19(29)12-22(24,25)26)21(30)27-16-9-10-18(17(23)11-16)32(2,3)4/h5-11,20H,12-13H2,1-4H3,(H,27,30)(H,28,29)/t20-/m1/s1. The molecule has 174 valence electrons.